The summed E-state index contributed by atoms with van der Waals surface area (Å²) in [4.78, 5) is 17.1. The Morgan fingerprint density at radius 3 is 1.90 bits per heavy atom. The molecule has 0 unspecified atom stereocenters. The van der Waals surface area contributed by atoms with E-state index >= 15 is 0 Å². The topological polar surface area (TPSA) is 72.8 Å². The first-order chi connectivity index (χ1) is 14.0. The number of aromatic nitrogens is 3. The van der Waals surface area contributed by atoms with E-state index in [-0.39, 0.29) is 11.8 Å². The molecule has 2 aromatic rings. The molecule has 0 aliphatic carbocycles. The van der Waals surface area contributed by atoms with Crippen LogP contribution in [0.15, 0.2) is 24.3 Å². The molecule has 0 bridgehead atoms. The largest absolute Gasteiger partial charge is 0.424 e. The third kappa shape index (κ3) is 4.85. The van der Waals surface area contributed by atoms with Gasteiger partial charge in [0.2, 0.25) is 11.9 Å². The minimum absolute atomic E-state index is 0.00637. The molecule has 2 fully saturated rings. The SMILES string of the molecule is FC(F)(F)c1cccc(Oc2nc(N3CCOCC3)nc(N3CCOCC3)n2)c1. The van der Waals surface area contributed by atoms with Crippen molar-refractivity contribution in [3.63, 3.8) is 0 Å². The van der Waals surface area contributed by atoms with Gasteiger partial charge >= 0.3 is 12.2 Å². The minimum Gasteiger partial charge on any atom is -0.424 e. The van der Waals surface area contributed by atoms with E-state index in [1.54, 1.807) is 0 Å². The van der Waals surface area contributed by atoms with Crippen molar-refractivity contribution in [1.82, 2.24) is 15.0 Å². The Bertz CT molecular complexity index is 803. The maximum absolute atomic E-state index is 13.0. The molecule has 2 aliphatic rings. The maximum Gasteiger partial charge on any atom is 0.416 e. The zero-order valence-corrected chi connectivity index (χ0v) is 15.6. The van der Waals surface area contributed by atoms with Crippen LogP contribution in [0.5, 0.6) is 11.8 Å². The lowest BCUT2D eigenvalue weighted by atomic mass is 10.2. The zero-order valence-electron chi connectivity index (χ0n) is 15.6. The second-order valence-corrected chi connectivity index (χ2v) is 6.54. The van der Waals surface area contributed by atoms with E-state index in [0.29, 0.717) is 64.5 Å². The highest BCUT2D eigenvalue weighted by Gasteiger charge is 2.31. The molecule has 3 heterocycles. The molecule has 2 saturated heterocycles. The van der Waals surface area contributed by atoms with Crippen LogP contribution in [-0.2, 0) is 15.7 Å². The highest BCUT2D eigenvalue weighted by Crippen LogP contribution is 2.32. The molecule has 8 nitrogen and oxygen atoms in total. The number of hydrogen-bond donors (Lipinski definition) is 0. The van der Waals surface area contributed by atoms with Gasteiger partial charge in [0.25, 0.3) is 0 Å². The average Bonchev–Trinajstić information content (AvgIpc) is 2.74. The Kier molecular flexibility index (Phi) is 5.67. The van der Waals surface area contributed by atoms with Crippen LogP contribution in [-0.4, -0.2) is 67.6 Å². The highest BCUT2D eigenvalue weighted by molar-refractivity contribution is 5.42. The molecule has 0 atom stereocenters. The van der Waals surface area contributed by atoms with E-state index in [2.05, 4.69) is 15.0 Å². The van der Waals surface area contributed by atoms with Gasteiger partial charge < -0.3 is 24.0 Å². The van der Waals surface area contributed by atoms with E-state index in [1.807, 2.05) is 9.80 Å². The fourth-order valence-corrected chi connectivity index (χ4v) is 3.03. The molecule has 4 rings (SSSR count). The molecule has 0 saturated carbocycles. The van der Waals surface area contributed by atoms with Crippen LogP contribution in [0.25, 0.3) is 0 Å². The van der Waals surface area contributed by atoms with Crippen molar-refractivity contribution < 1.29 is 27.4 Å². The summed E-state index contributed by atoms with van der Waals surface area (Å²) in [6.07, 6.45) is -4.46. The number of alkyl halides is 3. The Morgan fingerprint density at radius 2 is 1.38 bits per heavy atom. The number of ether oxygens (including phenoxy) is 3. The molecule has 29 heavy (non-hydrogen) atoms. The van der Waals surface area contributed by atoms with Crippen molar-refractivity contribution in [2.45, 2.75) is 6.18 Å². The molecule has 11 heteroatoms. The maximum atomic E-state index is 13.0. The van der Waals surface area contributed by atoms with Crippen LogP contribution in [0.4, 0.5) is 25.1 Å². The van der Waals surface area contributed by atoms with Gasteiger partial charge in [-0.3, -0.25) is 0 Å². The number of benzene rings is 1. The first-order valence-corrected chi connectivity index (χ1v) is 9.26. The number of morpholine rings is 2. The predicted molar refractivity (Wildman–Crippen MR) is 97.4 cm³/mol. The van der Waals surface area contributed by atoms with Crippen LogP contribution in [0.1, 0.15) is 5.56 Å². The first kappa shape index (κ1) is 19.6. The number of rotatable bonds is 4. The van der Waals surface area contributed by atoms with Gasteiger partial charge in [0.05, 0.1) is 32.0 Å². The number of anilines is 2. The van der Waals surface area contributed by atoms with Crippen LogP contribution in [0.2, 0.25) is 0 Å². The third-order valence-corrected chi connectivity index (χ3v) is 4.55. The second-order valence-electron chi connectivity index (χ2n) is 6.54. The van der Waals surface area contributed by atoms with Crippen LogP contribution in [0, 0.1) is 0 Å². The molecule has 0 amide bonds. The molecule has 1 aromatic heterocycles. The summed E-state index contributed by atoms with van der Waals surface area (Å²) in [5.41, 5.74) is -0.800. The zero-order chi connectivity index (χ0) is 20.3. The van der Waals surface area contributed by atoms with Crippen LogP contribution >= 0.6 is 0 Å². The van der Waals surface area contributed by atoms with E-state index in [9.17, 15) is 13.2 Å². The smallest absolute Gasteiger partial charge is 0.416 e. The van der Waals surface area contributed by atoms with Gasteiger partial charge in [0, 0.05) is 26.2 Å². The van der Waals surface area contributed by atoms with Gasteiger partial charge in [-0.05, 0) is 18.2 Å². The summed E-state index contributed by atoms with van der Waals surface area (Å²) in [5, 5.41) is 0. The molecule has 0 spiro atoms. The van der Waals surface area contributed by atoms with Gasteiger partial charge in [-0.2, -0.15) is 28.1 Å². The van der Waals surface area contributed by atoms with Gasteiger partial charge in [0.1, 0.15) is 5.75 Å². The molecular weight excluding hydrogens is 391 g/mol. The second kappa shape index (κ2) is 8.37. The first-order valence-electron chi connectivity index (χ1n) is 9.26. The lowest BCUT2D eigenvalue weighted by molar-refractivity contribution is -0.137. The minimum atomic E-state index is -4.46. The lowest BCUT2D eigenvalue weighted by Gasteiger charge is -2.30. The quantitative estimate of drug-likeness (QED) is 0.759. The molecule has 0 radical (unpaired) electrons. The number of halogens is 3. The fourth-order valence-electron chi connectivity index (χ4n) is 3.03. The van der Waals surface area contributed by atoms with Gasteiger partial charge in [0.15, 0.2) is 0 Å². The summed E-state index contributed by atoms with van der Waals surface area (Å²) in [5.74, 6) is 0.824. The van der Waals surface area contributed by atoms with E-state index in [4.69, 9.17) is 14.2 Å². The molecule has 0 N–H and O–H groups in total. The van der Waals surface area contributed by atoms with Gasteiger partial charge in [-0.1, -0.05) is 6.07 Å². The Labute approximate surface area is 165 Å². The van der Waals surface area contributed by atoms with E-state index in [0.717, 1.165) is 12.1 Å². The Morgan fingerprint density at radius 1 is 0.828 bits per heavy atom. The van der Waals surface area contributed by atoms with Crippen LogP contribution in [0.3, 0.4) is 0 Å². The van der Waals surface area contributed by atoms with Crippen molar-refractivity contribution in [3.05, 3.63) is 29.8 Å². The van der Waals surface area contributed by atoms with Crippen LogP contribution < -0.4 is 14.5 Å². The Hall–Kier alpha value is -2.66. The summed E-state index contributed by atoms with van der Waals surface area (Å²) in [6, 6.07) is 4.57. The van der Waals surface area contributed by atoms with Crippen molar-refractivity contribution in [3.8, 4) is 11.8 Å². The number of hydrogen-bond acceptors (Lipinski definition) is 8. The summed E-state index contributed by atoms with van der Waals surface area (Å²) >= 11 is 0. The monoisotopic (exact) mass is 411 g/mol. The van der Waals surface area contributed by atoms with E-state index < -0.39 is 11.7 Å². The standard InChI is InChI=1S/C18H20F3N5O3/c19-18(20,21)13-2-1-3-14(12-13)29-17-23-15(25-4-8-27-9-5-25)22-16(24-17)26-6-10-28-11-7-26/h1-3,12H,4-11H2. The van der Waals surface area contributed by atoms with Crippen molar-refractivity contribution in [1.29, 1.82) is 0 Å². The van der Waals surface area contributed by atoms with Crippen molar-refractivity contribution in [2.24, 2.45) is 0 Å². The molecule has 2 aliphatic heterocycles. The molecule has 156 valence electrons. The normalized spacial score (nSPS) is 18.0. The average molecular weight is 411 g/mol. The fraction of sp³-hybridized carbons (Fsp3) is 0.500. The van der Waals surface area contributed by atoms with Crippen molar-refractivity contribution >= 4 is 11.9 Å². The summed E-state index contributed by atoms with van der Waals surface area (Å²) in [7, 11) is 0. The van der Waals surface area contributed by atoms with Gasteiger partial charge in [-0.15, -0.1) is 0 Å². The van der Waals surface area contributed by atoms with E-state index in [1.165, 1.54) is 12.1 Å². The highest BCUT2D eigenvalue weighted by atomic mass is 19.4. The lowest BCUT2D eigenvalue weighted by Crippen LogP contribution is -2.40. The Balaban J connectivity index is 1.64. The molecular formula is C18H20F3N5O3. The van der Waals surface area contributed by atoms with Gasteiger partial charge in [-0.25, -0.2) is 0 Å². The summed E-state index contributed by atoms with van der Waals surface area (Å²) in [6.45, 7) is 4.60. The predicted octanol–water partition coefficient (Wildman–Crippen LogP) is 2.36. The number of nitrogens with zero attached hydrogens (tertiary/aromatic N) is 5. The summed E-state index contributed by atoms with van der Waals surface area (Å²) < 4.78 is 55.3. The third-order valence-electron chi connectivity index (χ3n) is 4.55. The molecule has 1 aromatic carbocycles. The van der Waals surface area contributed by atoms with Crippen molar-refractivity contribution in [2.75, 3.05) is 62.4 Å².